The molecule has 0 saturated heterocycles. The number of carbonyl (C=O) groups excluding carboxylic acids is 1. The topological polar surface area (TPSA) is 54.9 Å². The van der Waals surface area contributed by atoms with Crippen molar-refractivity contribution in [3.63, 3.8) is 0 Å². The molecule has 0 saturated carbocycles. The number of aromatic nitrogens is 2. The SMILES string of the molecule is CC[C@H](CNC(=O)c1cnc(C)cn1)c1ccccc1. The van der Waals surface area contributed by atoms with Gasteiger partial charge >= 0.3 is 0 Å². The molecule has 1 heterocycles. The van der Waals surface area contributed by atoms with E-state index in [4.69, 9.17) is 0 Å². The highest BCUT2D eigenvalue weighted by molar-refractivity contribution is 5.91. The lowest BCUT2D eigenvalue weighted by molar-refractivity contribution is 0.0945. The van der Waals surface area contributed by atoms with Crippen LogP contribution in [0.25, 0.3) is 0 Å². The van der Waals surface area contributed by atoms with Crippen LogP contribution in [0.3, 0.4) is 0 Å². The molecule has 0 spiro atoms. The first kappa shape index (κ1) is 14.2. The molecule has 1 aromatic heterocycles. The van der Waals surface area contributed by atoms with Crippen LogP contribution in [0.5, 0.6) is 0 Å². The lowest BCUT2D eigenvalue weighted by Crippen LogP contribution is -2.29. The smallest absolute Gasteiger partial charge is 0.271 e. The van der Waals surface area contributed by atoms with Gasteiger partial charge in [-0.25, -0.2) is 4.98 Å². The molecule has 0 aliphatic carbocycles. The maximum Gasteiger partial charge on any atom is 0.271 e. The Hall–Kier alpha value is -2.23. The van der Waals surface area contributed by atoms with Crippen LogP contribution in [-0.4, -0.2) is 22.4 Å². The van der Waals surface area contributed by atoms with E-state index in [9.17, 15) is 4.79 Å². The molecule has 0 radical (unpaired) electrons. The summed E-state index contributed by atoms with van der Waals surface area (Å²) in [7, 11) is 0. The van der Waals surface area contributed by atoms with E-state index < -0.39 is 0 Å². The molecular weight excluding hydrogens is 250 g/mol. The van der Waals surface area contributed by atoms with Gasteiger partial charge in [0.05, 0.1) is 11.9 Å². The van der Waals surface area contributed by atoms with Crippen molar-refractivity contribution < 1.29 is 4.79 Å². The van der Waals surface area contributed by atoms with Gasteiger partial charge in [0.15, 0.2) is 0 Å². The monoisotopic (exact) mass is 269 g/mol. The van der Waals surface area contributed by atoms with Crippen molar-refractivity contribution in [1.29, 1.82) is 0 Å². The fourth-order valence-electron chi connectivity index (χ4n) is 2.04. The fraction of sp³-hybridized carbons (Fsp3) is 0.312. The quantitative estimate of drug-likeness (QED) is 0.908. The van der Waals surface area contributed by atoms with Gasteiger partial charge in [0.1, 0.15) is 5.69 Å². The van der Waals surface area contributed by atoms with Gasteiger partial charge in [-0.3, -0.25) is 9.78 Å². The van der Waals surface area contributed by atoms with Crippen LogP contribution in [-0.2, 0) is 0 Å². The predicted molar refractivity (Wildman–Crippen MR) is 78.6 cm³/mol. The van der Waals surface area contributed by atoms with Gasteiger partial charge in [-0.15, -0.1) is 0 Å². The van der Waals surface area contributed by atoms with Gasteiger partial charge in [-0.2, -0.15) is 0 Å². The number of amides is 1. The molecule has 1 N–H and O–H groups in total. The predicted octanol–water partition coefficient (Wildman–Crippen LogP) is 2.71. The molecule has 2 aromatic rings. The summed E-state index contributed by atoms with van der Waals surface area (Å²) in [5, 5.41) is 2.93. The molecule has 2 rings (SSSR count). The van der Waals surface area contributed by atoms with Crippen LogP contribution < -0.4 is 5.32 Å². The van der Waals surface area contributed by atoms with E-state index in [0.29, 0.717) is 18.2 Å². The van der Waals surface area contributed by atoms with Crippen molar-refractivity contribution in [2.45, 2.75) is 26.2 Å². The Morgan fingerprint density at radius 3 is 2.55 bits per heavy atom. The molecule has 1 aromatic carbocycles. The number of hydrogen-bond donors (Lipinski definition) is 1. The largest absolute Gasteiger partial charge is 0.350 e. The first-order chi connectivity index (χ1) is 9.70. The van der Waals surface area contributed by atoms with E-state index in [1.165, 1.54) is 11.8 Å². The Morgan fingerprint density at radius 1 is 1.20 bits per heavy atom. The van der Waals surface area contributed by atoms with Gasteiger partial charge in [-0.1, -0.05) is 37.3 Å². The molecule has 0 fully saturated rings. The van der Waals surface area contributed by atoms with E-state index in [-0.39, 0.29) is 5.91 Å². The molecule has 1 atom stereocenters. The third-order valence-electron chi connectivity index (χ3n) is 3.29. The lowest BCUT2D eigenvalue weighted by atomic mass is 9.96. The summed E-state index contributed by atoms with van der Waals surface area (Å²) >= 11 is 0. The van der Waals surface area contributed by atoms with E-state index in [2.05, 4.69) is 34.3 Å². The van der Waals surface area contributed by atoms with E-state index >= 15 is 0 Å². The fourth-order valence-corrected chi connectivity index (χ4v) is 2.04. The van der Waals surface area contributed by atoms with Gasteiger partial charge in [0.2, 0.25) is 0 Å². The third kappa shape index (κ3) is 3.63. The lowest BCUT2D eigenvalue weighted by Gasteiger charge is -2.16. The van der Waals surface area contributed by atoms with E-state index in [0.717, 1.165) is 12.1 Å². The van der Waals surface area contributed by atoms with Crippen LogP contribution in [0.1, 0.15) is 41.0 Å². The summed E-state index contributed by atoms with van der Waals surface area (Å²) in [6.07, 6.45) is 4.08. The second-order valence-electron chi connectivity index (χ2n) is 4.77. The van der Waals surface area contributed by atoms with Crippen molar-refractivity contribution in [3.8, 4) is 0 Å². The van der Waals surface area contributed by atoms with Crippen LogP contribution in [0.15, 0.2) is 42.7 Å². The van der Waals surface area contributed by atoms with Crippen LogP contribution >= 0.6 is 0 Å². The summed E-state index contributed by atoms with van der Waals surface area (Å²) in [6.45, 7) is 4.57. The summed E-state index contributed by atoms with van der Waals surface area (Å²) in [5.74, 6) is 0.144. The minimum absolute atomic E-state index is 0.174. The molecule has 0 aliphatic rings. The van der Waals surface area contributed by atoms with Crippen LogP contribution in [0, 0.1) is 6.92 Å². The molecule has 4 nitrogen and oxygen atoms in total. The first-order valence-electron chi connectivity index (χ1n) is 6.82. The standard InChI is InChI=1S/C16H19N3O/c1-3-13(14-7-5-4-6-8-14)10-19-16(20)15-11-17-12(2)9-18-15/h4-9,11,13H,3,10H2,1-2H3,(H,19,20)/t13-/m1/s1. The van der Waals surface area contributed by atoms with E-state index in [1.54, 1.807) is 6.20 Å². The first-order valence-corrected chi connectivity index (χ1v) is 6.82. The average molecular weight is 269 g/mol. The van der Waals surface area contributed by atoms with Crippen LogP contribution in [0.4, 0.5) is 0 Å². The van der Waals surface area contributed by atoms with E-state index in [1.807, 2.05) is 25.1 Å². The number of nitrogens with zero attached hydrogens (tertiary/aromatic N) is 2. The second kappa shape index (κ2) is 6.80. The Balaban J connectivity index is 1.96. The summed E-state index contributed by atoms with van der Waals surface area (Å²) in [6, 6.07) is 10.2. The summed E-state index contributed by atoms with van der Waals surface area (Å²) in [5.41, 5.74) is 2.40. The molecule has 1 amide bonds. The highest BCUT2D eigenvalue weighted by atomic mass is 16.1. The minimum Gasteiger partial charge on any atom is -0.350 e. The highest BCUT2D eigenvalue weighted by Gasteiger charge is 2.12. The molecule has 0 unspecified atom stereocenters. The highest BCUT2D eigenvalue weighted by Crippen LogP contribution is 2.17. The maximum atomic E-state index is 12.0. The zero-order valence-corrected chi connectivity index (χ0v) is 11.8. The molecule has 0 aliphatic heterocycles. The summed E-state index contributed by atoms with van der Waals surface area (Å²) in [4.78, 5) is 20.2. The van der Waals surface area contributed by atoms with Crippen molar-refractivity contribution in [3.05, 3.63) is 59.7 Å². The summed E-state index contributed by atoms with van der Waals surface area (Å²) < 4.78 is 0. The Bertz CT molecular complexity index is 552. The van der Waals surface area contributed by atoms with Crippen molar-refractivity contribution in [2.75, 3.05) is 6.54 Å². The van der Waals surface area contributed by atoms with Gasteiger partial charge in [0.25, 0.3) is 5.91 Å². The van der Waals surface area contributed by atoms with Gasteiger partial charge < -0.3 is 5.32 Å². The zero-order chi connectivity index (χ0) is 14.4. The number of rotatable bonds is 5. The Morgan fingerprint density at radius 2 is 1.95 bits per heavy atom. The van der Waals surface area contributed by atoms with Crippen molar-refractivity contribution in [1.82, 2.24) is 15.3 Å². The molecule has 20 heavy (non-hydrogen) atoms. The number of carbonyl (C=O) groups is 1. The number of benzene rings is 1. The molecular formula is C16H19N3O. The second-order valence-corrected chi connectivity index (χ2v) is 4.77. The molecule has 4 heteroatoms. The number of aryl methyl sites for hydroxylation is 1. The maximum absolute atomic E-state index is 12.0. The Kier molecular flexibility index (Phi) is 4.82. The van der Waals surface area contributed by atoms with Crippen molar-refractivity contribution >= 4 is 5.91 Å². The average Bonchev–Trinajstić information content (AvgIpc) is 2.49. The number of nitrogens with one attached hydrogen (secondary N) is 1. The minimum atomic E-state index is -0.174. The molecule has 0 bridgehead atoms. The van der Waals surface area contributed by atoms with Gasteiger partial charge in [0, 0.05) is 18.7 Å². The number of hydrogen-bond acceptors (Lipinski definition) is 3. The molecule has 104 valence electrons. The van der Waals surface area contributed by atoms with Gasteiger partial charge in [-0.05, 0) is 18.9 Å². The Labute approximate surface area is 119 Å². The third-order valence-corrected chi connectivity index (χ3v) is 3.29. The van der Waals surface area contributed by atoms with Crippen molar-refractivity contribution in [2.24, 2.45) is 0 Å². The normalized spacial score (nSPS) is 11.9. The zero-order valence-electron chi connectivity index (χ0n) is 11.8. The van der Waals surface area contributed by atoms with Crippen LogP contribution in [0.2, 0.25) is 0 Å².